The molecule has 0 aromatic heterocycles. The van der Waals surface area contributed by atoms with Crippen LogP contribution in [-0.4, -0.2) is 31.1 Å². The topological polar surface area (TPSA) is 81.7 Å². The third-order valence-electron chi connectivity index (χ3n) is 2.54. The van der Waals surface area contributed by atoms with Crippen molar-refractivity contribution in [3.05, 3.63) is 39.9 Å². The lowest BCUT2D eigenvalue weighted by Crippen LogP contribution is -2.20. The number of anilines is 1. The smallest absolute Gasteiger partial charge is 0.331 e. The number of rotatable bonds is 6. The summed E-state index contributed by atoms with van der Waals surface area (Å²) < 4.78 is 9.28. The zero-order chi connectivity index (χ0) is 17.4. The standard InChI is InChI=1S/C15H15Cl2NO5/c1-3-22-12(20)6-7-13(21)23-8-11(19)18-15-10(16)5-4-9(2)14(15)17/h4-7H,3,8H2,1-2H3,(H,18,19)/b7-6+. The van der Waals surface area contributed by atoms with Crippen LogP contribution in [0.15, 0.2) is 24.3 Å². The SMILES string of the molecule is CCOC(=O)/C=C/C(=O)OCC(=O)Nc1c(Cl)ccc(C)c1Cl. The van der Waals surface area contributed by atoms with Gasteiger partial charge in [-0.15, -0.1) is 0 Å². The summed E-state index contributed by atoms with van der Waals surface area (Å²) in [4.78, 5) is 34.1. The maximum absolute atomic E-state index is 11.8. The van der Waals surface area contributed by atoms with Gasteiger partial charge in [0.15, 0.2) is 6.61 Å². The first-order chi connectivity index (χ1) is 10.8. The van der Waals surface area contributed by atoms with Crippen molar-refractivity contribution in [2.24, 2.45) is 0 Å². The van der Waals surface area contributed by atoms with Crippen molar-refractivity contribution in [1.29, 1.82) is 0 Å². The molecular weight excluding hydrogens is 345 g/mol. The van der Waals surface area contributed by atoms with E-state index in [2.05, 4.69) is 14.8 Å². The highest BCUT2D eigenvalue weighted by atomic mass is 35.5. The Morgan fingerprint density at radius 1 is 1.13 bits per heavy atom. The Bertz CT molecular complexity index is 643. The van der Waals surface area contributed by atoms with Gasteiger partial charge in [0.1, 0.15) is 0 Å². The van der Waals surface area contributed by atoms with E-state index in [1.807, 2.05) is 0 Å². The fourth-order valence-electron chi connectivity index (χ4n) is 1.46. The first kappa shape index (κ1) is 19.0. The Labute approximate surface area is 143 Å². The van der Waals surface area contributed by atoms with E-state index < -0.39 is 24.5 Å². The van der Waals surface area contributed by atoms with Crippen LogP contribution in [0.1, 0.15) is 12.5 Å². The van der Waals surface area contributed by atoms with Crippen LogP contribution in [0.2, 0.25) is 10.0 Å². The third kappa shape index (κ3) is 6.30. The largest absolute Gasteiger partial charge is 0.463 e. The van der Waals surface area contributed by atoms with Gasteiger partial charge in [-0.1, -0.05) is 29.3 Å². The molecule has 8 heteroatoms. The second-order valence-electron chi connectivity index (χ2n) is 4.29. The average molecular weight is 360 g/mol. The molecule has 6 nitrogen and oxygen atoms in total. The molecule has 1 amide bonds. The van der Waals surface area contributed by atoms with Crippen LogP contribution in [0.4, 0.5) is 5.69 Å². The van der Waals surface area contributed by atoms with Crippen molar-refractivity contribution in [1.82, 2.24) is 0 Å². The van der Waals surface area contributed by atoms with E-state index in [4.69, 9.17) is 23.2 Å². The van der Waals surface area contributed by atoms with Crippen LogP contribution in [0.5, 0.6) is 0 Å². The van der Waals surface area contributed by atoms with Crippen LogP contribution in [0.25, 0.3) is 0 Å². The van der Waals surface area contributed by atoms with Crippen LogP contribution in [-0.2, 0) is 23.9 Å². The summed E-state index contributed by atoms with van der Waals surface area (Å²) in [6, 6.07) is 3.30. The fourth-order valence-corrected chi connectivity index (χ4v) is 1.92. The van der Waals surface area contributed by atoms with Crippen LogP contribution < -0.4 is 5.32 Å². The van der Waals surface area contributed by atoms with Gasteiger partial charge in [0.25, 0.3) is 5.91 Å². The quantitative estimate of drug-likeness (QED) is 0.623. The molecule has 0 aliphatic carbocycles. The van der Waals surface area contributed by atoms with Gasteiger partial charge in [0, 0.05) is 12.2 Å². The van der Waals surface area contributed by atoms with Gasteiger partial charge in [0.05, 0.1) is 22.3 Å². The number of esters is 2. The molecule has 1 aromatic carbocycles. The summed E-state index contributed by atoms with van der Waals surface area (Å²) in [5.74, 6) is -2.14. The van der Waals surface area contributed by atoms with E-state index in [-0.39, 0.29) is 17.3 Å². The maximum atomic E-state index is 11.8. The monoisotopic (exact) mass is 359 g/mol. The van der Waals surface area contributed by atoms with Gasteiger partial charge >= 0.3 is 11.9 Å². The molecular formula is C15H15Cl2NO5. The van der Waals surface area contributed by atoms with E-state index in [1.165, 1.54) is 0 Å². The second-order valence-corrected chi connectivity index (χ2v) is 5.08. The number of hydrogen-bond acceptors (Lipinski definition) is 5. The molecule has 0 fully saturated rings. The number of carbonyl (C=O) groups excluding carboxylic acids is 3. The molecule has 0 aliphatic heterocycles. The number of ether oxygens (including phenoxy) is 2. The third-order valence-corrected chi connectivity index (χ3v) is 3.34. The molecule has 0 atom stereocenters. The first-order valence-corrected chi connectivity index (χ1v) is 7.36. The van der Waals surface area contributed by atoms with Crippen LogP contribution in [0.3, 0.4) is 0 Å². The summed E-state index contributed by atoms with van der Waals surface area (Å²) in [7, 11) is 0. The Morgan fingerprint density at radius 2 is 1.74 bits per heavy atom. The molecule has 0 heterocycles. The Kier molecular flexibility index (Phi) is 7.57. The van der Waals surface area contributed by atoms with E-state index in [0.717, 1.165) is 17.7 Å². The summed E-state index contributed by atoms with van der Waals surface area (Å²) in [5.41, 5.74) is 0.983. The lowest BCUT2D eigenvalue weighted by atomic mass is 10.2. The van der Waals surface area contributed by atoms with Crippen LogP contribution >= 0.6 is 23.2 Å². The van der Waals surface area contributed by atoms with Gasteiger partial charge in [-0.25, -0.2) is 9.59 Å². The van der Waals surface area contributed by atoms with E-state index in [0.29, 0.717) is 5.02 Å². The van der Waals surface area contributed by atoms with Crippen molar-refractivity contribution < 1.29 is 23.9 Å². The molecule has 124 valence electrons. The number of nitrogens with one attached hydrogen (secondary N) is 1. The summed E-state index contributed by atoms with van der Waals surface area (Å²) in [6.45, 7) is 3.04. The number of hydrogen-bond donors (Lipinski definition) is 1. The zero-order valence-corrected chi connectivity index (χ0v) is 14.0. The molecule has 0 saturated heterocycles. The molecule has 0 bridgehead atoms. The Morgan fingerprint density at radius 3 is 2.35 bits per heavy atom. The maximum Gasteiger partial charge on any atom is 0.331 e. The summed E-state index contributed by atoms with van der Waals surface area (Å²) in [6.07, 6.45) is 1.79. The molecule has 0 aliphatic rings. The molecule has 1 rings (SSSR count). The normalized spacial score (nSPS) is 10.4. The Hall–Kier alpha value is -2.05. The number of carbonyl (C=O) groups is 3. The molecule has 0 unspecified atom stereocenters. The first-order valence-electron chi connectivity index (χ1n) is 6.61. The van der Waals surface area contributed by atoms with Gasteiger partial charge < -0.3 is 14.8 Å². The minimum atomic E-state index is -0.852. The minimum Gasteiger partial charge on any atom is -0.463 e. The van der Waals surface area contributed by atoms with E-state index >= 15 is 0 Å². The van der Waals surface area contributed by atoms with Crippen LogP contribution in [0, 0.1) is 6.92 Å². The van der Waals surface area contributed by atoms with Crippen molar-refractivity contribution in [3.8, 4) is 0 Å². The zero-order valence-electron chi connectivity index (χ0n) is 12.5. The number of benzene rings is 1. The highest BCUT2D eigenvalue weighted by Gasteiger charge is 2.13. The lowest BCUT2D eigenvalue weighted by molar-refractivity contribution is -0.143. The number of halogens is 2. The molecule has 0 radical (unpaired) electrons. The van der Waals surface area contributed by atoms with Gasteiger partial charge in [-0.05, 0) is 25.5 Å². The van der Waals surface area contributed by atoms with Crippen molar-refractivity contribution in [2.45, 2.75) is 13.8 Å². The second kappa shape index (κ2) is 9.17. The molecule has 1 N–H and O–H groups in total. The highest BCUT2D eigenvalue weighted by Crippen LogP contribution is 2.32. The summed E-state index contributed by atoms with van der Waals surface area (Å²) in [5, 5.41) is 3.04. The van der Waals surface area contributed by atoms with E-state index in [1.54, 1.807) is 26.0 Å². The summed E-state index contributed by atoms with van der Waals surface area (Å²) >= 11 is 12.0. The molecule has 0 spiro atoms. The van der Waals surface area contributed by atoms with E-state index in [9.17, 15) is 14.4 Å². The van der Waals surface area contributed by atoms with Crippen molar-refractivity contribution >= 4 is 46.7 Å². The molecule has 1 aromatic rings. The molecule has 0 saturated carbocycles. The van der Waals surface area contributed by atoms with Gasteiger partial charge in [-0.3, -0.25) is 4.79 Å². The Balaban J connectivity index is 2.54. The predicted molar refractivity (Wildman–Crippen MR) is 86.6 cm³/mol. The number of aryl methyl sites for hydroxylation is 1. The number of amides is 1. The van der Waals surface area contributed by atoms with Crippen molar-refractivity contribution in [3.63, 3.8) is 0 Å². The van der Waals surface area contributed by atoms with Gasteiger partial charge in [-0.2, -0.15) is 0 Å². The minimum absolute atomic E-state index is 0.193. The van der Waals surface area contributed by atoms with Crippen molar-refractivity contribution in [2.75, 3.05) is 18.5 Å². The lowest BCUT2D eigenvalue weighted by Gasteiger charge is -2.11. The van der Waals surface area contributed by atoms with Gasteiger partial charge in [0.2, 0.25) is 0 Å². The highest BCUT2D eigenvalue weighted by molar-refractivity contribution is 6.40. The fraction of sp³-hybridized carbons (Fsp3) is 0.267. The molecule has 23 heavy (non-hydrogen) atoms. The predicted octanol–water partition coefficient (Wildman–Crippen LogP) is 2.90. The average Bonchev–Trinajstić information content (AvgIpc) is 2.51.